The van der Waals surface area contributed by atoms with Gasteiger partial charge in [-0.25, -0.2) is 13.4 Å². The second-order valence-electron chi connectivity index (χ2n) is 7.33. The normalized spacial score (nSPS) is 11.7. The fraction of sp³-hybridized carbons (Fsp3) is 0.286. The number of H-pyrrole nitrogens is 1. The number of hydrogen-bond acceptors (Lipinski definition) is 5. The van der Waals surface area contributed by atoms with Crippen molar-refractivity contribution in [2.75, 3.05) is 6.26 Å². The van der Waals surface area contributed by atoms with E-state index in [1.807, 2.05) is 13.8 Å². The Labute approximate surface area is 169 Å². The van der Waals surface area contributed by atoms with Crippen LogP contribution in [-0.4, -0.2) is 41.5 Å². The van der Waals surface area contributed by atoms with Crippen LogP contribution < -0.4 is 5.56 Å². The van der Waals surface area contributed by atoms with Crippen LogP contribution in [0.5, 0.6) is 0 Å². The zero-order valence-corrected chi connectivity index (χ0v) is 17.4. The van der Waals surface area contributed by atoms with Gasteiger partial charge in [0.25, 0.3) is 11.5 Å². The van der Waals surface area contributed by atoms with Gasteiger partial charge in [-0.2, -0.15) is 0 Å². The highest BCUT2D eigenvalue weighted by atomic mass is 32.2. The maximum atomic E-state index is 13.1. The van der Waals surface area contributed by atoms with Crippen LogP contribution in [0.15, 0.2) is 53.3 Å². The average Bonchev–Trinajstić information content (AvgIpc) is 2.64. The highest BCUT2D eigenvalue weighted by Gasteiger charge is 2.21. The van der Waals surface area contributed by atoms with E-state index in [0.29, 0.717) is 27.9 Å². The van der Waals surface area contributed by atoms with Gasteiger partial charge in [0, 0.05) is 17.9 Å². The predicted molar refractivity (Wildman–Crippen MR) is 112 cm³/mol. The molecule has 0 spiro atoms. The number of rotatable bonds is 6. The summed E-state index contributed by atoms with van der Waals surface area (Å²) in [5.41, 5.74) is 1.26. The van der Waals surface area contributed by atoms with E-state index >= 15 is 0 Å². The number of carbonyl (C=O) groups is 1. The molecular weight excluding hydrogens is 390 g/mol. The summed E-state index contributed by atoms with van der Waals surface area (Å²) in [4.78, 5) is 34.2. The first-order chi connectivity index (χ1) is 13.6. The first-order valence-corrected chi connectivity index (χ1v) is 11.3. The van der Waals surface area contributed by atoms with E-state index in [2.05, 4.69) is 9.97 Å². The molecule has 0 aliphatic rings. The van der Waals surface area contributed by atoms with Crippen LogP contribution >= 0.6 is 0 Å². The highest BCUT2D eigenvalue weighted by Crippen LogP contribution is 2.15. The summed E-state index contributed by atoms with van der Waals surface area (Å²) in [5, 5.41) is 0.493. The molecule has 0 aliphatic carbocycles. The van der Waals surface area contributed by atoms with E-state index in [9.17, 15) is 18.0 Å². The Bertz CT molecular complexity index is 1220. The highest BCUT2D eigenvalue weighted by molar-refractivity contribution is 7.89. The topological polar surface area (TPSA) is 100 Å². The Morgan fingerprint density at radius 3 is 2.55 bits per heavy atom. The Hall–Kier alpha value is -3.00. The van der Waals surface area contributed by atoms with Crippen molar-refractivity contribution in [3.8, 4) is 0 Å². The van der Waals surface area contributed by atoms with Gasteiger partial charge in [-0.3, -0.25) is 9.59 Å². The maximum Gasteiger partial charge on any atom is 0.258 e. The number of hydrogen-bond donors (Lipinski definition) is 1. The van der Waals surface area contributed by atoms with Crippen molar-refractivity contribution in [2.45, 2.75) is 32.2 Å². The molecule has 0 atom stereocenters. The number of amides is 1. The SMILES string of the molecule is CC(C)N(Cc1nc2ccccc2c(=O)[nH]1)C(=O)c1cccc(CS(C)(=O)=O)c1. The third-order valence-electron chi connectivity index (χ3n) is 4.47. The Morgan fingerprint density at radius 1 is 1.14 bits per heavy atom. The van der Waals surface area contributed by atoms with Crippen LogP contribution in [0.2, 0.25) is 0 Å². The molecule has 0 radical (unpaired) electrons. The number of para-hydroxylation sites is 1. The van der Waals surface area contributed by atoms with E-state index < -0.39 is 9.84 Å². The number of nitrogens with one attached hydrogen (secondary N) is 1. The first kappa shape index (κ1) is 20.7. The second kappa shape index (κ2) is 8.16. The lowest BCUT2D eigenvalue weighted by Crippen LogP contribution is -2.37. The lowest BCUT2D eigenvalue weighted by molar-refractivity contribution is 0.0685. The van der Waals surface area contributed by atoms with E-state index in [-0.39, 0.29) is 29.8 Å². The van der Waals surface area contributed by atoms with E-state index in [1.54, 1.807) is 53.4 Å². The van der Waals surface area contributed by atoms with Crippen molar-refractivity contribution in [2.24, 2.45) is 0 Å². The molecule has 0 saturated carbocycles. The van der Waals surface area contributed by atoms with Crippen molar-refractivity contribution in [3.05, 3.63) is 75.8 Å². The van der Waals surface area contributed by atoms with Gasteiger partial charge >= 0.3 is 0 Å². The van der Waals surface area contributed by atoms with Crippen molar-refractivity contribution in [3.63, 3.8) is 0 Å². The molecular formula is C21H23N3O4S. The van der Waals surface area contributed by atoms with Crippen LogP contribution in [0.25, 0.3) is 10.9 Å². The van der Waals surface area contributed by atoms with Gasteiger partial charge in [0.1, 0.15) is 5.82 Å². The average molecular weight is 413 g/mol. The van der Waals surface area contributed by atoms with Gasteiger partial charge < -0.3 is 9.88 Å². The summed E-state index contributed by atoms with van der Waals surface area (Å²) < 4.78 is 23.1. The van der Waals surface area contributed by atoms with Crippen LogP contribution in [-0.2, 0) is 22.1 Å². The molecule has 29 heavy (non-hydrogen) atoms. The summed E-state index contributed by atoms with van der Waals surface area (Å²) in [7, 11) is -3.20. The molecule has 0 saturated heterocycles. The molecule has 0 fully saturated rings. The zero-order chi connectivity index (χ0) is 21.2. The smallest absolute Gasteiger partial charge is 0.258 e. The van der Waals surface area contributed by atoms with Gasteiger partial charge in [-0.15, -0.1) is 0 Å². The van der Waals surface area contributed by atoms with Crippen molar-refractivity contribution >= 4 is 26.6 Å². The molecule has 1 heterocycles. The minimum atomic E-state index is -3.20. The number of benzene rings is 2. The molecule has 0 bridgehead atoms. The summed E-state index contributed by atoms with van der Waals surface area (Å²) >= 11 is 0. The molecule has 1 N–H and O–H groups in total. The van der Waals surface area contributed by atoms with Crippen LogP contribution in [0.4, 0.5) is 0 Å². The number of fused-ring (bicyclic) bond motifs is 1. The Morgan fingerprint density at radius 2 is 1.86 bits per heavy atom. The van der Waals surface area contributed by atoms with Gasteiger partial charge in [-0.05, 0) is 43.7 Å². The largest absolute Gasteiger partial charge is 0.329 e. The molecule has 2 aromatic carbocycles. The monoisotopic (exact) mass is 413 g/mol. The predicted octanol–water partition coefficient (Wildman–Crippen LogP) is 2.52. The molecule has 3 rings (SSSR count). The number of sulfone groups is 1. The summed E-state index contributed by atoms with van der Waals surface area (Å²) in [5.74, 6) is 0.00390. The van der Waals surface area contributed by atoms with E-state index in [4.69, 9.17) is 0 Å². The summed E-state index contributed by atoms with van der Waals surface area (Å²) in [6, 6.07) is 13.5. The number of aromatic amines is 1. The van der Waals surface area contributed by atoms with Gasteiger partial charge in [0.2, 0.25) is 0 Å². The fourth-order valence-corrected chi connectivity index (χ4v) is 3.91. The van der Waals surface area contributed by atoms with Crippen LogP contribution in [0, 0.1) is 0 Å². The molecule has 1 aromatic heterocycles. The Kier molecular flexibility index (Phi) is 5.83. The standard InChI is InChI=1S/C21H23N3O4S/c1-14(2)24(12-19-22-18-10-5-4-9-17(18)20(25)23-19)21(26)16-8-6-7-15(11-16)13-29(3,27)28/h4-11,14H,12-13H2,1-3H3,(H,22,23,25). The number of nitrogens with zero attached hydrogens (tertiary/aromatic N) is 2. The van der Waals surface area contributed by atoms with Crippen molar-refractivity contribution < 1.29 is 13.2 Å². The maximum absolute atomic E-state index is 13.1. The molecule has 0 aliphatic heterocycles. The Balaban J connectivity index is 1.92. The second-order valence-corrected chi connectivity index (χ2v) is 9.47. The first-order valence-electron chi connectivity index (χ1n) is 9.19. The van der Waals surface area contributed by atoms with Gasteiger partial charge in [0.05, 0.1) is 23.2 Å². The lowest BCUT2D eigenvalue weighted by Gasteiger charge is -2.26. The van der Waals surface area contributed by atoms with Crippen LogP contribution in [0.1, 0.15) is 35.6 Å². The molecule has 8 heteroatoms. The third kappa shape index (κ3) is 5.08. The van der Waals surface area contributed by atoms with Gasteiger partial charge in [0.15, 0.2) is 9.84 Å². The van der Waals surface area contributed by atoms with Crippen molar-refractivity contribution in [1.29, 1.82) is 0 Å². The quantitative estimate of drug-likeness (QED) is 0.669. The molecule has 1 amide bonds. The number of aromatic nitrogens is 2. The van der Waals surface area contributed by atoms with E-state index in [1.165, 1.54) is 0 Å². The van der Waals surface area contributed by atoms with Gasteiger partial charge in [-0.1, -0.05) is 24.3 Å². The third-order valence-corrected chi connectivity index (χ3v) is 5.33. The molecule has 7 nitrogen and oxygen atoms in total. The molecule has 3 aromatic rings. The van der Waals surface area contributed by atoms with Crippen LogP contribution in [0.3, 0.4) is 0 Å². The summed E-state index contributed by atoms with van der Waals surface area (Å²) in [6.07, 6.45) is 1.16. The fourth-order valence-electron chi connectivity index (χ4n) is 3.12. The lowest BCUT2D eigenvalue weighted by atomic mass is 10.1. The minimum Gasteiger partial charge on any atom is -0.329 e. The summed E-state index contributed by atoms with van der Waals surface area (Å²) in [6.45, 7) is 3.88. The minimum absolute atomic E-state index is 0.130. The molecule has 152 valence electrons. The number of carbonyl (C=O) groups excluding carboxylic acids is 1. The van der Waals surface area contributed by atoms with E-state index in [0.717, 1.165) is 6.26 Å². The zero-order valence-electron chi connectivity index (χ0n) is 16.5. The molecule has 0 unspecified atom stereocenters. The van der Waals surface area contributed by atoms with Crippen molar-refractivity contribution in [1.82, 2.24) is 14.9 Å².